The van der Waals surface area contributed by atoms with Crippen LogP contribution in [0.2, 0.25) is 0 Å². The summed E-state index contributed by atoms with van der Waals surface area (Å²) in [6.07, 6.45) is 1.03. The summed E-state index contributed by atoms with van der Waals surface area (Å²) >= 11 is 3.45. The van der Waals surface area contributed by atoms with E-state index in [1.807, 2.05) is 0 Å². The standard InChI is InChI=1S/C14H22BrNO2/c1-17-8-7-16-10-13(11-18-2)9-12-3-5-14(15)6-4-12/h3-6,13,16H,7-11H2,1-2H3. The van der Waals surface area contributed by atoms with Crippen molar-refractivity contribution in [3.63, 3.8) is 0 Å². The molecule has 1 atom stereocenters. The number of ether oxygens (including phenoxy) is 2. The van der Waals surface area contributed by atoms with Crippen LogP contribution < -0.4 is 5.32 Å². The monoisotopic (exact) mass is 315 g/mol. The van der Waals surface area contributed by atoms with Crippen LogP contribution in [-0.2, 0) is 15.9 Å². The summed E-state index contributed by atoms with van der Waals surface area (Å²) in [6, 6.07) is 8.47. The summed E-state index contributed by atoms with van der Waals surface area (Å²) in [5.74, 6) is 0.494. The summed E-state index contributed by atoms with van der Waals surface area (Å²) in [6.45, 7) is 3.36. The molecular formula is C14H22BrNO2. The van der Waals surface area contributed by atoms with E-state index in [-0.39, 0.29) is 0 Å². The zero-order chi connectivity index (χ0) is 13.2. The predicted molar refractivity (Wildman–Crippen MR) is 78.0 cm³/mol. The summed E-state index contributed by atoms with van der Waals surface area (Å²) in [7, 11) is 3.47. The van der Waals surface area contributed by atoms with Crippen molar-refractivity contribution in [2.75, 3.05) is 40.5 Å². The van der Waals surface area contributed by atoms with Gasteiger partial charge in [-0.05, 0) is 30.0 Å². The molecule has 0 saturated heterocycles. The van der Waals surface area contributed by atoms with Crippen molar-refractivity contribution >= 4 is 15.9 Å². The fourth-order valence-electron chi connectivity index (χ4n) is 1.86. The topological polar surface area (TPSA) is 30.5 Å². The Morgan fingerprint density at radius 3 is 2.50 bits per heavy atom. The summed E-state index contributed by atoms with van der Waals surface area (Å²) < 4.78 is 11.4. The Hall–Kier alpha value is -0.420. The third-order valence-corrected chi connectivity index (χ3v) is 3.28. The first-order valence-electron chi connectivity index (χ1n) is 6.19. The minimum atomic E-state index is 0.494. The molecule has 0 fully saturated rings. The van der Waals surface area contributed by atoms with Crippen molar-refractivity contribution in [3.8, 4) is 0 Å². The van der Waals surface area contributed by atoms with Crippen LogP contribution in [0.5, 0.6) is 0 Å². The fourth-order valence-corrected chi connectivity index (χ4v) is 2.12. The second-order valence-corrected chi connectivity index (χ2v) is 5.26. The van der Waals surface area contributed by atoms with Crippen LogP contribution >= 0.6 is 15.9 Å². The highest BCUT2D eigenvalue weighted by Gasteiger charge is 2.09. The van der Waals surface area contributed by atoms with E-state index >= 15 is 0 Å². The molecule has 0 spiro atoms. The smallest absolute Gasteiger partial charge is 0.0587 e. The van der Waals surface area contributed by atoms with E-state index < -0.39 is 0 Å². The van der Waals surface area contributed by atoms with Crippen LogP contribution in [0.4, 0.5) is 0 Å². The zero-order valence-electron chi connectivity index (χ0n) is 11.1. The van der Waals surface area contributed by atoms with Gasteiger partial charge < -0.3 is 14.8 Å². The van der Waals surface area contributed by atoms with Crippen molar-refractivity contribution in [1.29, 1.82) is 0 Å². The molecule has 1 aromatic rings. The summed E-state index contributed by atoms with van der Waals surface area (Å²) in [5, 5.41) is 3.39. The number of hydrogen-bond acceptors (Lipinski definition) is 3. The van der Waals surface area contributed by atoms with Crippen molar-refractivity contribution in [2.45, 2.75) is 6.42 Å². The van der Waals surface area contributed by atoms with E-state index in [9.17, 15) is 0 Å². The molecule has 0 bridgehead atoms. The lowest BCUT2D eigenvalue weighted by Gasteiger charge is -2.17. The summed E-state index contributed by atoms with van der Waals surface area (Å²) in [5.41, 5.74) is 1.34. The Morgan fingerprint density at radius 2 is 1.89 bits per heavy atom. The normalized spacial score (nSPS) is 12.6. The molecule has 0 aliphatic rings. The Bertz CT molecular complexity index is 316. The lowest BCUT2D eigenvalue weighted by molar-refractivity contribution is 0.147. The average molecular weight is 316 g/mol. The molecule has 4 heteroatoms. The largest absolute Gasteiger partial charge is 0.384 e. The van der Waals surface area contributed by atoms with E-state index in [2.05, 4.69) is 45.5 Å². The van der Waals surface area contributed by atoms with Gasteiger partial charge in [-0.2, -0.15) is 0 Å². The van der Waals surface area contributed by atoms with Crippen molar-refractivity contribution in [1.82, 2.24) is 5.32 Å². The number of hydrogen-bond donors (Lipinski definition) is 1. The van der Waals surface area contributed by atoms with Crippen LogP contribution in [0.15, 0.2) is 28.7 Å². The van der Waals surface area contributed by atoms with Crippen molar-refractivity contribution in [3.05, 3.63) is 34.3 Å². The first-order chi connectivity index (χ1) is 8.76. The SMILES string of the molecule is COCCNCC(COC)Cc1ccc(Br)cc1. The van der Waals surface area contributed by atoms with Crippen molar-refractivity contribution < 1.29 is 9.47 Å². The number of nitrogens with one attached hydrogen (secondary N) is 1. The quantitative estimate of drug-likeness (QED) is 0.710. The molecule has 0 heterocycles. The van der Waals surface area contributed by atoms with Gasteiger partial charge in [0.05, 0.1) is 13.2 Å². The van der Waals surface area contributed by atoms with Gasteiger partial charge in [0.2, 0.25) is 0 Å². The molecule has 0 saturated carbocycles. The molecule has 1 N–H and O–H groups in total. The number of halogens is 1. The maximum absolute atomic E-state index is 5.28. The van der Waals surface area contributed by atoms with Crippen LogP contribution in [0.3, 0.4) is 0 Å². The molecule has 18 heavy (non-hydrogen) atoms. The van der Waals surface area contributed by atoms with Gasteiger partial charge in [0, 0.05) is 31.8 Å². The first-order valence-corrected chi connectivity index (χ1v) is 6.98. The maximum atomic E-state index is 5.28. The third-order valence-electron chi connectivity index (χ3n) is 2.76. The van der Waals surface area contributed by atoms with Gasteiger partial charge in [-0.1, -0.05) is 28.1 Å². The molecule has 1 unspecified atom stereocenters. The molecule has 102 valence electrons. The van der Waals surface area contributed by atoms with E-state index in [1.165, 1.54) is 5.56 Å². The maximum Gasteiger partial charge on any atom is 0.0587 e. The third kappa shape index (κ3) is 6.50. The fraction of sp³-hybridized carbons (Fsp3) is 0.571. The van der Waals surface area contributed by atoms with Gasteiger partial charge in [0.1, 0.15) is 0 Å². The molecule has 1 aromatic carbocycles. The van der Waals surface area contributed by atoms with Gasteiger partial charge in [0.15, 0.2) is 0 Å². The van der Waals surface area contributed by atoms with Gasteiger partial charge >= 0.3 is 0 Å². The minimum Gasteiger partial charge on any atom is -0.384 e. The Kier molecular flexibility index (Phi) is 8.25. The second kappa shape index (κ2) is 9.50. The number of methoxy groups -OCH3 is 2. The van der Waals surface area contributed by atoms with Crippen LogP contribution in [-0.4, -0.2) is 40.5 Å². The highest BCUT2D eigenvalue weighted by Crippen LogP contribution is 2.14. The Labute approximate surface area is 118 Å². The van der Waals surface area contributed by atoms with Gasteiger partial charge in [-0.15, -0.1) is 0 Å². The van der Waals surface area contributed by atoms with Crippen LogP contribution in [0, 0.1) is 5.92 Å². The molecule has 0 radical (unpaired) electrons. The molecular weight excluding hydrogens is 294 g/mol. The molecule has 3 nitrogen and oxygen atoms in total. The second-order valence-electron chi connectivity index (χ2n) is 4.35. The van der Waals surface area contributed by atoms with Gasteiger partial charge in [-0.3, -0.25) is 0 Å². The molecule has 0 aliphatic heterocycles. The average Bonchev–Trinajstić information content (AvgIpc) is 2.37. The Morgan fingerprint density at radius 1 is 1.17 bits per heavy atom. The lowest BCUT2D eigenvalue weighted by atomic mass is 10.00. The lowest BCUT2D eigenvalue weighted by Crippen LogP contribution is -2.29. The molecule has 0 amide bonds. The number of benzene rings is 1. The summed E-state index contributed by atoms with van der Waals surface area (Å²) in [4.78, 5) is 0. The van der Waals surface area contributed by atoms with E-state index in [1.54, 1.807) is 14.2 Å². The minimum absolute atomic E-state index is 0.494. The molecule has 0 aromatic heterocycles. The predicted octanol–water partition coefficient (Wildman–Crippen LogP) is 2.49. The zero-order valence-corrected chi connectivity index (χ0v) is 12.7. The first kappa shape index (κ1) is 15.6. The van der Waals surface area contributed by atoms with E-state index in [0.717, 1.165) is 37.2 Å². The number of rotatable bonds is 9. The highest BCUT2D eigenvalue weighted by atomic mass is 79.9. The molecule has 1 rings (SSSR count). The van der Waals surface area contributed by atoms with Crippen LogP contribution in [0.25, 0.3) is 0 Å². The highest BCUT2D eigenvalue weighted by molar-refractivity contribution is 9.10. The Balaban J connectivity index is 2.38. The van der Waals surface area contributed by atoms with Crippen LogP contribution in [0.1, 0.15) is 5.56 Å². The molecule has 0 aliphatic carbocycles. The van der Waals surface area contributed by atoms with E-state index in [4.69, 9.17) is 9.47 Å². The van der Waals surface area contributed by atoms with E-state index in [0.29, 0.717) is 5.92 Å². The van der Waals surface area contributed by atoms with Crippen molar-refractivity contribution in [2.24, 2.45) is 5.92 Å². The van der Waals surface area contributed by atoms with Gasteiger partial charge in [-0.25, -0.2) is 0 Å². The van der Waals surface area contributed by atoms with Gasteiger partial charge in [0.25, 0.3) is 0 Å².